The van der Waals surface area contributed by atoms with Gasteiger partial charge in [-0.2, -0.15) is 0 Å². The first kappa shape index (κ1) is 18.6. The number of para-hydroxylation sites is 1. The van der Waals surface area contributed by atoms with Crippen LogP contribution < -0.4 is 10.2 Å². The van der Waals surface area contributed by atoms with Gasteiger partial charge in [0.25, 0.3) is 5.91 Å². The van der Waals surface area contributed by atoms with E-state index in [-0.39, 0.29) is 5.91 Å². The van der Waals surface area contributed by atoms with Gasteiger partial charge in [0, 0.05) is 30.3 Å². The maximum absolute atomic E-state index is 13.0. The summed E-state index contributed by atoms with van der Waals surface area (Å²) in [6.07, 6.45) is 4.93. The van der Waals surface area contributed by atoms with Gasteiger partial charge in [0.1, 0.15) is 0 Å². The molecule has 3 aromatic rings. The minimum absolute atomic E-state index is 0.114. The Hall–Kier alpha value is -3.74. The summed E-state index contributed by atoms with van der Waals surface area (Å²) in [6, 6.07) is 14.8. The number of benzene rings is 2. The lowest BCUT2D eigenvalue weighted by Crippen LogP contribution is -2.35. The quantitative estimate of drug-likeness (QED) is 0.688. The minimum atomic E-state index is -0.419. The highest BCUT2D eigenvalue weighted by Gasteiger charge is 2.23. The summed E-state index contributed by atoms with van der Waals surface area (Å²) in [5, 5.41) is 3.03. The summed E-state index contributed by atoms with van der Waals surface area (Å²) in [7, 11) is 1.34. The molecule has 0 saturated carbocycles. The molecule has 7 heteroatoms. The Kier molecular flexibility index (Phi) is 5.20. The first-order chi connectivity index (χ1) is 14.2. The van der Waals surface area contributed by atoms with E-state index < -0.39 is 5.97 Å². The van der Waals surface area contributed by atoms with Crippen molar-refractivity contribution in [2.24, 2.45) is 0 Å². The highest BCUT2D eigenvalue weighted by molar-refractivity contribution is 6.06. The van der Waals surface area contributed by atoms with E-state index in [9.17, 15) is 9.59 Å². The lowest BCUT2D eigenvalue weighted by molar-refractivity contribution is 0.0600. The number of methoxy groups -OCH3 is 1. The Morgan fingerprint density at radius 3 is 2.62 bits per heavy atom. The molecule has 0 radical (unpaired) electrons. The molecule has 0 unspecified atom stereocenters. The average molecular weight is 388 g/mol. The maximum Gasteiger partial charge on any atom is 0.337 e. The SMILES string of the molecule is COC(=O)c1cccc(Nc2ncc(C(=O)N3CCCc4ccccc43)cn2)c1. The number of carbonyl (C=O) groups excluding carboxylic acids is 2. The molecule has 1 aliphatic rings. The predicted molar refractivity (Wildman–Crippen MR) is 110 cm³/mol. The summed E-state index contributed by atoms with van der Waals surface area (Å²) in [4.78, 5) is 34.9. The molecule has 0 bridgehead atoms. The Morgan fingerprint density at radius 1 is 1.03 bits per heavy atom. The molecular formula is C22H20N4O3. The number of rotatable bonds is 4. The zero-order valence-corrected chi connectivity index (χ0v) is 16.0. The number of amides is 1. The number of aromatic nitrogens is 2. The van der Waals surface area contributed by atoms with Crippen LogP contribution in [0.4, 0.5) is 17.3 Å². The van der Waals surface area contributed by atoms with Gasteiger partial charge in [-0.3, -0.25) is 4.79 Å². The molecule has 1 amide bonds. The molecule has 1 aliphatic heterocycles. The van der Waals surface area contributed by atoms with Crippen LogP contribution in [0.15, 0.2) is 60.9 Å². The predicted octanol–water partition coefficient (Wildman–Crippen LogP) is 3.60. The maximum atomic E-state index is 13.0. The van der Waals surface area contributed by atoms with Gasteiger partial charge in [0.15, 0.2) is 0 Å². The number of carbonyl (C=O) groups is 2. The largest absolute Gasteiger partial charge is 0.465 e. The van der Waals surface area contributed by atoms with Crippen molar-refractivity contribution >= 4 is 29.2 Å². The zero-order chi connectivity index (χ0) is 20.2. The zero-order valence-electron chi connectivity index (χ0n) is 16.0. The fourth-order valence-electron chi connectivity index (χ4n) is 3.37. The minimum Gasteiger partial charge on any atom is -0.465 e. The number of hydrogen-bond acceptors (Lipinski definition) is 6. The Balaban J connectivity index is 1.50. The first-order valence-electron chi connectivity index (χ1n) is 9.33. The topological polar surface area (TPSA) is 84.4 Å². The van der Waals surface area contributed by atoms with E-state index in [0.717, 1.165) is 18.5 Å². The number of ether oxygens (including phenoxy) is 1. The van der Waals surface area contributed by atoms with Gasteiger partial charge in [0.05, 0.1) is 18.2 Å². The number of fused-ring (bicyclic) bond motifs is 1. The van der Waals surface area contributed by atoms with Crippen LogP contribution in [0.25, 0.3) is 0 Å². The molecule has 0 fully saturated rings. The molecule has 1 aromatic heterocycles. The number of hydrogen-bond donors (Lipinski definition) is 1. The van der Waals surface area contributed by atoms with Crippen LogP contribution in [0.1, 0.15) is 32.7 Å². The van der Waals surface area contributed by atoms with Crippen molar-refractivity contribution in [3.8, 4) is 0 Å². The van der Waals surface area contributed by atoms with Gasteiger partial charge >= 0.3 is 5.97 Å². The first-order valence-corrected chi connectivity index (χ1v) is 9.33. The monoisotopic (exact) mass is 388 g/mol. The second kappa shape index (κ2) is 8.10. The van der Waals surface area contributed by atoms with E-state index in [1.807, 2.05) is 18.2 Å². The molecular weight excluding hydrogens is 368 g/mol. The second-order valence-corrected chi connectivity index (χ2v) is 6.68. The van der Waals surface area contributed by atoms with E-state index in [1.54, 1.807) is 29.2 Å². The molecule has 0 aliphatic carbocycles. The van der Waals surface area contributed by atoms with Gasteiger partial charge in [0.2, 0.25) is 5.95 Å². The summed E-state index contributed by atoms with van der Waals surface area (Å²) in [5.41, 5.74) is 3.63. The van der Waals surface area contributed by atoms with E-state index in [1.165, 1.54) is 25.1 Å². The summed E-state index contributed by atoms with van der Waals surface area (Å²) in [6.45, 7) is 0.677. The number of aryl methyl sites for hydroxylation is 1. The van der Waals surface area contributed by atoms with Crippen LogP contribution in [0, 0.1) is 0 Å². The van der Waals surface area contributed by atoms with Crippen molar-refractivity contribution in [3.63, 3.8) is 0 Å². The van der Waals surface area contributed by atoms with Crippen LogP contribution in [-0.2, 0) is 11.2 Å². The fraction of sp³-hybridized carbons (Fsp3) is 0.182. The van der Waals surface area contributed by atoms with Crippen molar-refractivity contribution in [2.45, 2.75) is 12.8 Å². The van der Waals surface area contributed by atoms with Crippen LogP contribution in [0.3, 0.4) is 0 Å². The number of nitrogens with one attached hydrogen (secondary N) is 1. The molecule has 0 atom stereocenters. The summed E-state index contributed by atoms with van der Waals surface area (Å²) >= 11 is 0. The third-order valence-corrected chi connectivity index (χ3v) is 4.79. The van der Waals surface area contributed by atoms with E-state index in [4.69, 9.17) is 4.74 Å². The van der Waals surface area contributed by atoms with E-state index in [2.05, 4.69) is 21.4 Å². The van der Waals surface area contributed by atoms with Gasteiger partial charge in [-0.05, 0) is 42.7 Å². The van der Waals surface area contributed by atoms with Crippen molar-refractivity contribution in [1.82, 2.24) is 9.97 Å². The lowest BCUT2D eigenvalue weighted by Gasteiger charge is -2.29. The van der Waals surface area contributed by atoms with Crippen LogP contribution in [0.5, 0.6) is 0 Å². The van der Waals surface area contributed by atoms with Gasteiger partial charge < -0.3 is 15.0 Å². The third-order valence-electron chi connectivity index (χ3n) is 4.79. The van der Waals surface area contributed by atoms with Crippen LogP contribution in [-0.4, -0.2) is 35.5 Å². The lowest BCUT2D eigenvalue weighted by atomic mass is 10.0. The normalized spacial score (nSPS) is 12.8. The highest BCUT2D eigenvalue weighted by Crippen LogP contribution is 2.28. The fourth-order valence-corrected chi connectivity index (χ4v) is 3.37. The molecule has 0 spiro atoms. The summed E-state index contributed by atoms with van der Waals surface area (Å²) < 4.78 is 4.73. The van der Waals surface area contributed by atoms with E-state index in [0.29, 0.717) is 29.3 Å². The van der Waals surface area contributed by atoms with Gasteiger partial charge in [-0.1, -0.05) is 24.3 Å². The van der Waals surface area contributed by atoms with Crippen molar-refractivity contribution in [3.05, 3.63) is 77.6 Å². The number of esters is 1. The molecule has 146 valence electrons. The summed E-state index contributed by atoms with van der Waals surface area (Å²) in [5.74, 6) is -0.198. The smallest absolute Gasteiger partial charge is 0.337 e. The van der Waals surface area contributed by atoms with E-state index >= 15 is 0 Å². The van der Waals surface area contributed by atoms with Crippen LogP contribution in [0.2, 0.25) is 0 Å². The van der Waals surface area contributed by atoms with Gasteiger partial charge in [-0.25, -0.2) is 14.8 Å². The molecule has 29 heavy (non-hydrogen) atoms. The third kappa shape index (κ3) is 3.94. The van der Waals surface area contributed by atoms with Crippen molar-refractivity contribution < 1.29 is 14.3 Å². The van der Waals surface area contributed by atoms with Crippen LogP contribution >= 0.6 is 0 Å². The van der Waals surface area contributed by atoms with Gasteiger partial charge in [-0.15, -0.1) is 0 Å². The number of anilines is 3. The Labute approximate surface area is 168 Å². The molecule has 4 rings (SSSR count). The Bertz CT molecular complexity index is 1050. The number of nitrogens with zero attached hydrogens (tertiary/aromatic N) is 3. The standard InChI is InChI=1S/C22H20N4O3/c1-29-21(28)16-7-4-9-18(12-16)25-22-23-13-17(14-24-22)20(27)26-11-5-8-15-6-2-3-10-19(15)26/h2-4,6-7,9-10,12-14H,5,8,11H2,1H3,(H,23,24,25). The molecule has 0 saturated heterocycles. The van der Waals surface area contributed by atoms with Crippen molar-refractivity contribution in [1.29, 1.82) is 0 Å². The average Bonchev–Trinajstić information content (AvgIpc) is 2.78. The Morgan fingerprint density at radius 2 is 1.83 bits per heavy atom. The second-order valence-electron chi connectivity index (χ2n) is 6.68. The molecule has 1 N–H and O–H groups in total. The van der Waals surface area contributed by atoms with Crippen molar-refractivity contribution in [2.75, 3.05) is 23.9 Å². The molecule has 2 aromatic carbocycles. The molecule has 2 heterocycles. The molecule has 7 nitrogen and oxygen atoms in total. The highest BCUT2D eigenvalue weighted by atomic mass is 16.5.